The van der Waals surface area contributed by atoms with E-state index >= 15 is 4.79 Å². The maximum atomic E-state index is 15.0. The van der Waals surface area contributed by atoms with Gasteiger partial charge in [0.25, 0.3) is 0 Å². The summed E-state index contributed by atoms with van der Waals surface area (Å²) in [5, 5.41) is 23.6. The first-order chi connectivity index (χ1) is 29.0. The van der Waals surface area contributed by atoms with Crippen molar-refractivity contribution in [2.24, 2.45) is 34.3 Å². The highest BCUT2D eigenvalue weighted by Gasteiger charge is 2.73. The monoisotopic (exact) mass is 879 g/mol. The van der Waals surface area contributed by atoms with Crippen LogP contribution in [0, 0.1) is 28.6 Å². The summed E-state index contributed by atoms with van der Waals surface area (Å²) in [7, 11) is 0. The summed E-state index contributed by atoms with van der Waals surface area (Å²) in [4.78, 5) is 42.9. The van der Waals surface area contributed by atoms with Gasteiger partial charge < -0.3 is 63.0 Å². The maximum absolute atomic E-state index is 15.0. The van der Waals surface area contributed by atoms with Gasteiger partial charge in [0.15, 0.2) is 23.8 Å². The molecule has 3 unspecified atom stereocenters. The number of cyclic esters (lactones) is 1. The first-order valence-electron chi connectivity index (χ1n) is 23.3. The number of carbonyl (C=O) groups is 3. The minimum absolute atomic E-state index is 0.142. The minimum atomic E-state index is -3.53. The fraction of sp³-hybridized carbons (Fsp3) is 0.889. The third-order valence-corrected chi connectivity index (χ3v) is 15.5. The number of allylic oxidation sites excluding steroid dienone is 1. The number of hydrogen-bond acceptors (Lipinski definition) is 16. The summed E-state index contributed by atoms with van der Waals surface area (Å²) < 4.78 is 66.0. The molecule has 7 rings (SSSR count). The average Bonchev–Trinajstić information content (AvgIpc) is 3.84. The van der Waals surface area contributed by atoms with E-state index in [9.17, 15) is 19.8 Å². The Bertz CT molecular complexity index is 1680. The minimum Gasteiger partial charge on any atom is -0.504 e. The molecule has 7 aliphatic rings. The highest BCUT2D eigenvalue weighted by molar-refractivity contribution is 6.56. The lowest BCUT2D eigenvalue weighted by Crippen LogP contribution is -2.61. The van der Waals surface area contributed by atoms with E-state index in [0.29, 0.717) is 64.2 Å². The second-order valence-corrected chi connectivity index (χ2v) is 20.9. The maximum Gasteiger partial charge on any atom is 0.536 e. The van der Waals surface area contributed by atoms with Gasteiger partial charge in [0.1, 0.15) is 24.4 Å². The second kappa shape index (κ2) is 17.9. The van der Waals surface area contributed by atoms with Crippen molar-refractivity contribution in [3.05, 3.63) is 12.2 Å². The molecule has 0 saturated carbocycles. The number of aliphatic hydroxyl groups is 2. The molecule has 9 bridgehead atoms. The topological polar surface area (TPSA) is 210 Å². The first kappa shape index (κ1) is 47.8. The molecule has 0 amide bonds. The quantitative estimate of drug-likeness (QED) is 0.149. The van der Waals surface area contributed by atoms with Crippen LogP contribution < -0.4 is 5.73 Å². The zero-order chi connectivity index (χ0) is 45.2. The summed E-state index contributed by atoms with van der Waals surface area (Å²) in [6, 6.07) is -0.902. The van der Waals surface area contributed by atoms with Crippen molar-refractivity contribution in [2.75, 3.05) is 0 Å². The largest absolute Gasteiger partial charge is 0.536 e. The van der Waals surface area contributed by atoms with Crippen molar-refractivity contribution in [1.29, 1.82) is 0 Å². The van der Waals surface area contributed by atoms with E-state index in [2.05, 4.69) is 0 Å². The Kier molecular flexibility index (Phi) is 13.8. The Labute approximate surface area is 366 Å². The number of ether oxygens (including phenoxy) is 6. The molecule has 0 aromatic rings. The fourth-order valence-electron chi connectivity index (χ4n) is 10.6. The van der Waals surface area contributed by atoms with Gasteiger partial charge in [-0.05, 0) is 77.6 Å². The van der Waals surface area contributed by atoms with E-state index in [0.717, 1.165) is 0 Å². The van der Waals surface area contributed by atoms with E-state index < -0.39 is 126 Å². The van der Waals surface area contributed by atoms with E-state index in [4.69, 9.17) is 52.8 Å². The predicted molar refractivity (Wildman–Crippen MR) is 223 cm³/mol. The molecule has 7 heterocycles. The SMILES string of the molecule is CC(C)[C@@H](N)C(=O)O[C@H](C)[C@@H]1C/C=C\CC[C@H](O)C(C)(C)[C@@H]2CC[C@@H](C)[C@]3(O2)O[B-]24OC(C(=O)O1)[C@@]1(O[C@@H](CC[C@H]1C)C(C)(C)[C@H](O)CCC[C@@H]1C[C@H](OC(=O)C3O2)[C@@H](C)O1)O4. The zero-order valence-corrected chi connectivity index (χ0v) is 38.4. The summed E-state index contributed by atoms with van der Waals surface area (Å²) in [6.07, 6.45) is -0.362. The van der Waals surface area contributed by atoms with Crippen molar-refractivity contribution in [3.63, 3.8) is 0 Å². The number of aliphatic hydroxyl groups excluding tert-OH is 2. The van der Waals surface area contributed by atoms with Gasteiger partial charge in [0, 0.05) is 35.5 Å². The van der Waals surface area contributed by atoms with Crippen LogP contribution in [0.3, 0.4) is 0 Å². The van der Waals surface area contributed by atoms with Crippen molar-refractivity contribution in [3.8, 4) is 0 Å². The molecule has 6 saturated heterocycles. The van der Waals surface area contributed by atoms with Gasteiger partial charge in [-0.3, -0.25) is 4.79 Å². The Morgan fingerprint density at radius 2 is 1.34 bits per heavy atom. The number of nitrogens with two attached hydrogens (primary N) is 1. The van der Waals surface area contributed by atoms with Crippen LogP contribution in [-0.4, -0.2) is 120 Å². The van der Waals surface area contributed by atoms with Crippen molar-refractivity contribution >= 4 is 24.9 Å². The number of rotatable bonds is 4. The smallest absolute Gasteiger partial charge is 0.504 e. The molecule has 6 fully saturated rings. The third-order valence-electron chi connectivity index (χ3n) is 15.5. The lowest BCUT2D eigenvalue weighted by molar-refractivity contribution is -0.311. The lowest BCUT2D eigenvalue weighted by atomic mass is 9.73. The Morgan fingerprint density at radius 1 is 0.790 bits per heavy atom. The summed E-state index contributed by atoms with van der Waals surface area (Å²) >= 11 is 0. The molecule has 352 valence electrons. The number of hydrogen-bond donors (Lipinski definition) is 3. The summed E-state index contributed by atoms with van der Waals surface area (Å²) in [5.74, 6) is -7.31. The van der Waals surface area contributed by atoms with Crippen LogP contribution in [0.15, 0.2) is 12.2 Å². The van der Waals surface area contributed by atoms with Crippen LogP contribution in [0.25, 0.3) is 0 Å². The zero-order valence-electron chi connectivity index (χ0n) is 38.4. The number of fused-ring (bicyclic) bond motifs is 6. The van der Waals surface area contributed by atoms with Crippen molar-refractivity contribution in [1.82, 2.24) is 0 Å². The Balaban J connectivity index is 1.36. The molecular formula is C45H73BNO15-. The van der Waals surface area contributed by atoms with E-state index in [1.165, 1.54) is 0 Å². The average molecular weight is 879 g/mol. The normalized spacial score (nSPS) is 46.3. The molecule has 0 aliphatic carbocycles. The van der Waals surface area contributed by atoms with E-state index in [-0.39, 0.29) is 18.4 Å². The van der Waals surface area contributed by atoms with Gasteiger partial charge in [0.2, 0.25) is 0 Å². The molecule has 7 aliphatic heterocycles. The highest BCUT2D eigenvalue weighted by atomic mass is 17.0. The lowest BCUT2D eigenvalue weighted by Gasteiger charge is -2.52. The molecule has 16 nitrogen and oxygen atoms in total. The summed E-state index contributed by atoms with van der Waals surface area (Å²) in [6.45, 7) is 15.1. The van der Waals surface area contributed by atoms with Crippen LogP contribution >= 0.6 is 0 Å². The second-order valence-electron chi connectivity index (χ2n) is 20.9. The third kappa shape index (κ3) is 8.78. The molecule has 0 aromatic carbocycles. The number of carbonyl (C=O) groups excluding carboxylic acids is 3. The molecule has 62 heavy (non-hydrogen) atoms. The van der Waals surface area contributed by atoms with Crippen molar-refractivity contribution in [2.45, 2.75) is 225 Å². The molecule has 0 aromatic heterocycles. The predicted octanol–water partition coefficient (Wildman–Crippen LogP) is 4.89. The van der Waals surface area contributed by atoms with Crippen LogP contribution in [-0.2, 0) is 61.4 Å². The molecule has 4 N–H and O–H groups in total. The summed E-state index contributed by atoms with van der Waals surface area (Å²) in [5.41, 5.74) is 4.48. The van der Waals surface area contributed by atoms with Gasteiger partial charge in [0.05, 0.1) is 36.6 Å². The fourth-order valence-corrected chi connectivity index (χ4v) is 10.6. The molecule has 17 atom stereocenters. The highest BCUT2D eigenvalue weighted by Crippen LogP contribution is 2.57. The molecule has 3 spiro atoms. The van der Waals surface area contributed by atoms with Gasteiger partial charge in [-0.15, -0.1) is 0 Å². The standard InChI is InChI=1S/C45H73BNO15/c1-24(2)36(47)39(50)54-27(5)30-16-12-11-13-17-32(48)42(7,8)34-21-19-26(4)45(57-34)38-41(52)56-31-23-29(53-28(31)6)15-14-18-33(49)43(9,10)35-22-20-25(3)44(58-35)37(40(51)55-30)59-46(60-38,61-44)62-45/h11-12,24-38,48-49H,13-23,47H2,1-10H3/q-1/b12-11-/t25-,26-,27-,28-,29-,30+,31+,32+,33-,34+,35+,36-,37?,38?,44+,45+,46?/m1/s1. The van der Waals surface area contributed by atoms with Gasteiger partial charge in [-0.25, -0.2) is 9.59 Å². The number of esters is 3. The van der Waals surface area contributed by atoms with Crippen LogP contribution in [0.1, 0.15) is 140 Å². The van der Waals surface area contributed by atoms with Gasteiger partial charge in [-0.2, -0.15) is 0 Å². The Hall–Kier alpha value is -2.19. The first-order valence-corrected chi connectivity index (χ1v) is 23.3. The van der Waals surface area contributed by atoms with Crippen LogP contribution in [0.2, 0.25) is 0 Å². The van der Waals surface area contributed by atoms with E-state index in [1.54, 1.807) is 6.92 Å². The van der Waals surface area contributed by atoms with Crippen molar-refractivity contribution < 1.29 is 71.6 Å². The molecule has 0 radical (unpaired) electrons. The van der Waals surface area contributed by atoms with Gasteiger partial charge >= 0.3 is 24.9 Å². The van der Waals surface area contributed by atoms with E-state index in [1.807, 2.05) is 74.5 Å². The van der Waals surface area contributed by atoms with Gasteiger partial charge in [-0.1, -0.05) is 67.5 Å². The Morgan fingerprint density at radius 3 is 1.90 bits per heavy atom. The van der Waals surface area contributed by atoms with Crippen LogP contribution in [0.5, 0.6) is 0 Å². The van der Waals surface area contributed by atoms with Crippen LogP contribution in [0.4, 0.5) is 0 Å². The molecule has 17 heteroatoms. The molecular weight excluding hydrogens is 805 g/mol.